The quantitative estimate of drug-likeness (QED) is 0.619. The van der Waals surface area contributed by atoms with Crippen LogP contribution < -0.4 is 0 Å². The van der Waals surface area contributed by atoms with E-state index in [0.717, 1.165) is 18.4 Å². The van der Waals surface area contributed by atoms with Gasteiger partial charge in [-0.15, -0.1) is 0 Å². The lowest BCUT2D eigenvalue weighted by atomic mass is 9.90. The lowest BCUT2D eigenvalue weighted by Crippen LogP contribution is -2.02. The zero-order chi connectivity index (χ0) is 8.55. The highest BCUT2D eigenvalue weighted by Crippen LogP contribution is 2.27. The topological polar surface area (TPSA) is 20.2 Å². The maximum atomic E-state index is 9.41. The summed E-state index contributed by atoms with van der Waals surface area (Å²) in [5.41, 5.74) is 3.45. The highest BCUT2D eigenvalue weighted by molar-refractivity contribution is 5.44. The number of fused-ring (bicyclic) bond motifs is 1. The van der Waals surface area contributed by atoms with Gasteiger partial charge < -0.3 is 5.11 Å². The van der Waals surface area contributed by atoms with Crippen LogP contribution in [0.5, 0.6) is 5.75 Å². The van der Waals surface area contributed by atoms with Crippen molar-refractivity contribution < 1.29 is 5.11 Å². The summed E-state index contributed by atoms with van der Waals surface area (Å²) < 4.78 is 0. The summed E-state index contributed by atoms with van der Waals surface area (Å²) in [5.74, 6) is 0.343. The third-order valence-corrected chi connectivity index (χ3v) is 2.54. The first-order valence-corrected chi connectivity index (χ1v) is 4.44. The van der Waals surface area contributed by atoms with Gasteiger partial charge in [0.2, 0.25) is 0 Å². The summed E-state index contributed by atoms with van der Waals surface area (Å²) in [6.45, 7) is 3.78. The molecule has 0 spiro atoms. The molecule has 12 heavy (non-hydrogen) atoms. The maximum Gasteiger partial charge on any atom is 0.119 e. The van der Waals surface area contributed by atoms with Crippen molar-refractivity contribution in [2.75, 3.05) is 0 Å². The third kappa shape index (κ3) is 1.20. The maximum absolute atomic E-state index is 9.41. The second kappa shape index (κ2) is 2.81. The van der Waals surface area contributed by atoms with E-state index >= 15 is 0 Å². The minimum absolute atomic E-state index is 0.343. The second-order valence-electron chi connectivity index (χ2n) is 3.46. The van der Waals surface area contributed by atoms with E-state index in [4.69, 9.17) is 0 Å². The average molecular weight is 161 g/mol. The summed E-state index contributed by atoms with van der Waals surface area (Å²) >= 11 is 0. The number of hydrogen-bond donors (Lipinski definition) is 1. The zero-order valence-corrected chi connectivity index (χ0v) is 7.14. The Morgan fingerprint density at radius 1 is 1.08 bits per heavy atom. The predicted octanol–water partition coefficient (Wildman–Crippen LogP) is 2.45. The Kier molecular flexibility index (Phi) is 1.80. The SMILES string of the molecule is [CH2]c1cc2c(cc1O)CCCC2. The molecule has 1 aromatic carbocycles. The van der Waals surface area contributed by atoms with E-state index < -0.39 is 0 Å². The monoisotopic (exact) mass is 161 g/mol. The summed E-state index contributed by atoms with van der Waals surface area (Å²) in [6.07, 6.45) is 4.79. The molecule has 1 aromatic rings. The van der Waals surface area contributed by atoms with Gasteiger partial charge in [0, 0.05) is 0 Å². The zero-order valence-electron chi connectivity index (χ0n) is 7.14. The van der Waals surface area contributed by atoms with Gasteiger partial charge in [0.15, 0.2) is 0 Å². The number of phenolic OH excluding ortho intramolecular Hbond substituents is 1. The molecule has 0 saturated heterocycles. The van der Waals surface area contributed by atoms with Crippen molar-refractivity contribution >= 4 is 0 Å². The highest BCUT2D eigenvalue weighted by atomic mass is 16.3. The molecule has 2 rings (SSSR count). The van der Waals surface area contributed by atoms with Crippen LogP contribution in [0.15, 0.2) is 12.1 Å². The second-order valence-corrected chi connectivity index (χ2v) is 3.46. The van der Waals surface area contributed by atoms with E-state index in [1.54, 1.807) is 0 Å². The van der Waals surface area contributed by atoms with Crippen LogP contribution in [0, 0.1) is 6.92 Å². The summed E-state index contributed by atoms with van der Waals surface area (Å²) in [4.78, 5) is 0. The van der Waals surface area contributed by atoms with Gasteiger partial charge in [-0.3, -0.25) is 0 Å². The fourth-order valence-corrected chi connectivity index (χ4v) is 1.82. The van der Waals surface area contributed by atoms with Gasteiger partial charge in [-0.1, -0.05) is 6.07 Å². The number of aryl methyl sites for hydroxylation is 2. The van der Waals surface area contributed by atoms with E-state index in [9.17, 15) is 5.11 Å². The molecular formula is C11H13O. The van der Waals surface area contributed by atoms with E-state index in [0.29, 0.717) is 5.75 Å². The Hall–Kier alpha value is -0.980. The molecule has 0 aromatic heterocycles. The van der Waals surface area contributed by atoms with Gasteiger partial charge in [-0.2, -0.15) is 0 Å². The van der Waals surface area contributed by atoms with Crippen molar-refractivity contribution in [3.05, 3.63) is 35.7 Å². The lowest BCUT2D eigenvalue weighted by Gasteiger charge is -2.16. The molecule has 1 aliphatic rings. The van der Waals surface area contributed by atoms with Gasteiger partial charge in [-0.25, -0.2) is 0 Å². The standard InChI is InChI=1S/C11H13O/c1-8-6-9-4-2-3-5-10(9)7-11(8)12/h6-7,12H,1-5H2. The first kappa shape index (κ1) is 7.66. The normalized spacial score (nSPS) is 15.8. The van der Waals surface area contributed by atoms with Crippen molar-refractivity contribution in [1.29, 1.82) is 0 Å². The smallest absolute Gasteiger partial charge is 0.119 e. The molecular weight excluding hydrogens is 148 g/mol. The van der Waals surface area contributed by atoms with Gasteiger partial charge >= 0.3 is 0 Å². The molecule has 63 valence electrons. The van der Waals surface area contributed by atoms with Gasteiger partial charge in [0.25, 0.3) is 0 Å². The van der Waals surface area contributed by atoms with E-state index in [1.807, 2.05) is 12.1 Å². The fraction of sp³-hybridized carbons (Fsp3) is 0.364. The van der Waals surface area contributed by atoms with E-state index in [1.165, 1.54) is 24.0 Å². The molecule has 0 unspecified atom stereocenters. The molecule has 0 saturated carbocycles. The van der Waals surface area contributed by atoms with E-state index in [-0.39, 0.29) is 0 Å². The molecule has 0 fully saturated rings. The largest absolute Gasteiger partial charge is 0.508 e. The van der Waals surface area contributed by atoms with Crippen LogP contribution in [0.4, 0.5) is 0 Å². The van der Waals surface area contributed by atoms with Crippen LogP contribution in [0.25, 0.3) is 0 Å². The van der Waals surface area contributed by atoms with Crippen molar-refractivity contribution in [3.63, 3.8) is 0 Å². The Morgan fingerprint density at radius 2 is 1.67 bits per heavy atom. The third-order valence-electron chi connectivity index (χ3n) is 2.54. The minimum Gasteiger partial charge on any atom is -0.508 e. The highest BCUT2D eigenvalue weighted by Gasteiger charge is 2.10. The van der Waals surface area contributed by atoms with E-state index in [2.05, 4.69) is 6.92 Å². The van der Waals surface area contributed by atoms with Gasteiger partial charge in [-0.05, 0) is 55.4 Å². The molecule has 0 aliphatic heterocycles. The summed E-state index contributed by atoms with van der Waals surface area (Å²) in [6, 6.07) is 3.89. The molecule has 1 radical (unpaired) electrons. The number of benzene rings is 1. The van der Waals surface area contributed by atoms with Crippen LogP contribution in [0.1, 0.15) is 29.5 Å². The van der Waals surface area contributed by atoms with Crippen LogP contribution >= 0.6 is 0 Å². The lowest BCUT2D eigenvalue weighted by molar-refractivity contribution is 0.471. The predicted molar refractivity (Wildman–Crippen MR) is 49.2 cm³/mol. The molecule has 1 N–H and O–H groups in total. The first-order chi connectivity index (χ1) is 5.77. The van der Waals surface area contributed by atoms with Crippen molar-refractivity contribution in [3.8, 4) is 5.75 Å². The van der Waals surface area contributed by atoms with Gasteiger partial charge in [0.05, 0.1) is 0 Å². The first-order valence-electron chi connectivity index (χ1n) is 4.44. The van der Waals surface area contributed by atoms with Crippen LogP contribution in [-0.2, 0) is 12.8 Å². The molecule has 1 nitrogen and oxygen atoms in total. The number of hydrogen-bond acceptors (Lipinski definition) is 1. The average Bonchev–Trinajstić information content (AvgIpc) is 2.07. The van der Waals surface area contributed by atoms with Gasteiger partial charge in [0.1, 0.15) is 5.75 Å². The number of rotatable bonds is 0. The minimum atomic E-state index is 0.343. The molecule has 1 heteroatoms. The molecule has 1 aliphatic carbocycles. The van der Waals surface area contributed by atoms with Crippen molar-refractivity contribution in [2.24, 2.45) is 0 Å². The Morgan fingerprint density at radius 3 is 2.33 bits per heavy atom. The number of phenols is 1. The molecule has 0 bridgehead atoms. The Bertz CT molecular complexity index is 271. The fourth-order valence-electron chi connectivity index (χ4n) is 1.82. The van der Waals surface area contributed by atoms with Crippen LogP contribution in [-0.4, -0.2) is 5.11 Å². The summed E-state index contributed by atoms with van der Waals surface area (Å²) in [5, 5.41) is 9.41. The summed E-state index contributed by atoms with van der Waals surface area (Å²) in [7, 11) is 0. The molecule has 0 heterocycles. The number of aromatic hydroxyl groups is 1. The molecule has 0 atom stereocenters. The van der Waals surface area contributed by atoms with Crippen molar-refractivity contribution in [2.45, 2.75) is 25.7 Å². The van der Waals surface area contributed by atoms with Crippen molar-refractivity contribution in [1.82, 2.24) is 0 Å². The Balaban J connectivity index is 2.49. The van der Waals surface area contributed by atoms with Crippen LogP contribution in [0.3, 0.4) is 0 Å². The Labute approximate surface area is 73.0 Å². The molecule has 0 amide bonds. The van der Waals surface area contributed by atoms with Crippen LogP contribution in [0.2, 0.25) is 0 Å².